The van der Waals surface area contributed by atoms with E-state index in [1.54, 1.807) is 20.8 Å². The molecule has 1 rings (SSSR count). The van der Waals surface area contributed by atoms with E-state index in [1.807, 2.05) is 0 Å². The van der Waals surface area contributed by atoms with E-state index >= 15 is 0 Å². The number of Topliss-reactive ketones (excluding diaryl/α,β-unsaturated/α-hetero) is 1. The van der Waals surface area contributed by atoms with Crippen LogP contribution in [-0.4, -0.2) is 149 Å². The number of anilines is 1. The van der Waals surface area contributed by atoms with Gasteiger partial charge in [-0.1, -0.05) is 26.8 Å². The number of aliphatic carboxylic acids is 1. The smallest absolute Gasteiger partial charge is 0.312 e. The Morgan fingerprint density at radius 2 is 1.31 bits per heavy atom. The number of ether oxygens (including phenoxy) is 5. The molecular formula is C42H68N8O15. The summed E-state index contributed by atoms with van der Waals surface area (Å²) in [6.07, 6.45) is -0.338. The lowest BCUT2D eigenvalue weighted by Crippen LogP contribution is -2.58. The Morgan fingerprint density at radius 1 is 0.708 bits per heavy atom. The van der Waals surface area contributed by atoms with Crippen LogP contribution in [0.3, 0.4) is 0 Å². The number of amides is 7. The van der Waals surface area contributed by atoms with Crippen molar-refractivity contribution in [3.05, 3.63) is 29.3 Å². The van der Waals surface area contributed by atoms with Gasteiger partial charge in [0.2, 0.25) is 23.6 Å². The van der Waals surface area contributed by atoms with E-state index in [0.29, 0.717) is 45.0 Å². The average molecular weight is 925 g/mol. The Balaban J connectivity index is 2.97. The molecule has 65 heavy (non-hydrogen) atoms. The standard InChI is InChI=1S/C42H68N8O15/c1-5-36(55)65-26-29-8-9-30(25-31(29)38(56)45-16-14-43)47-39(57)32(7-6-15-46-42(44)60)49-41(59)37(27(2)3)50-40(58)33(10-11-35(53)54)48-34(52)13-18-62-20-22-64-24-23-63-21-19-61-17-12-28(4)51/h8-9,25,27,32-33,37H,5-7,10-24,26,43H2,1-4H3,(H,45,56)(H,47,57)(H,48,52)(H,49,59)(H,50,58)(H,53,54)(H3,44,46,60)/t32-,33-,37-/m0/s1. The van der Waals surface area contributed by atoms with Crippen molar-refractivity contribution in [2.24, 2.45) is 17.4 Å². The van der Waals surface area contributed by atoms with Crippen molar-refractivity contribution in [2.45, 2.75) is 97.4 Å². The maximum atomic E-state index is 13.8. The predicted octanol–water partition coefficient (Wildman–Crippen LogP) is -0.374. The van der Waals surface area contributed by atoms with Gasteiger partial charge < -0.3 is 72.2 Å². The first-order valence-corrected chi connectivity index (χ1v) is 21.5. The fraction of sp³-hybridized carbons (Fsp3) is 0.643. The molecule has 0 spiro atoms. The van der Waals surface area contributed by atoms with Crippen LogP contribution in [0.5, 0.6) is 0 Å². The molecule has 0 radical (unpaired) electrons. The van der Waals surface area contributed by atoms with Crippen molar-refractivity contribution < 1.29 is 71.9 Å². The minimum atomic E-state index is -1.35. The molecule has 366 valence electrons. The summed E-state index contributed by atoms with van der Waals surface area (Å²) >= 11 is 0. The Labute approximate surface area is 378 Å². The fourth-order valence-electron chi connectivity index (χ4n) is 5.54. The summed E-state index contributed by atoms with van der Waals surface area (Å²) in [6.45, 7) is 8.50. The van der Waals surface area contributed by atoms with E-state index in [1.165, 1.54) is 25.1 Å². The van der Waals surface area contributed by atoms with Gasteiger partial charge >= 0.3 is 18.0 Å². The van der Waals surface area contributed by atoms with Gasteiger partial charge in [0.1, 0.15) is 30.5 Å². The SMILES string of the molecule is CCC(=O)OCc1ccc(NC(=O)[C@H](CCCNC(N)=O)NC(=O)[C@@H](NC(=O)[C@H](CCC(=O)O)NC(=O)CCOCCOCCOCCOCCC(C)=O)C(C)C)cc1C(=O)NCCN. The van der Waals surface area contributed by atoms with E-state index in [2.05, 4.69) is 31.9 Å². The molecule has 0 aromatic heterocycles. The Bertz CT molecular complexity index is 1700. The number of esters is 1. The van der Waals surface area contributed by atoms with Gasteiger partial charge in [-0.15, -0.1) is 0 Å². The number of ketones is 1. The highest BCUT2D eigenvalue weighted by Gasteiger charge is 2.32. The lowest BCUT2D eigenvalue weighted by atomic mass is 10.0. The second kappa shape index (κ2) is 33.7. The van der Waals surface area contributed by atoms with Crippen molar-refractivity contribution in [2.75, 3.05) is 77.8 Å². The van der Waals surface area contributed by atoms with Crippen LogP contribution in [0.1, 0.15) is 88.6 Å². The minimum absolute atomic E-state index is 0.0218. The molecule has 0 saturated carbocycles. The quantitative estimate of drug-likeness (QED) is 0.0306. The number of rotatable bonds is 36. The van der Waals surface area contributed by atoms with E-state index in [0.717, 1.165) is 0 Å². The molecule has 0 aliphatic rings. The third-order valence-electron chi connectivity index (χ3n) is 9.06. The number of hydrogen-bond acceptors (Lipinski definition) is 15. The van der Waals surface area contributed by atoms with E-state index in [9.17, 15) is 48.3 Å². The number of urea groups is 1. The molecule has 3 atom stereocenters. The molecule has 0 saturated heterocycles. The van der Waals surface area contributed by atoms with Crippen molar-refractivity contribution in [3.8, 4) is 0 Å². The number of carbonyl (C=O) groups excluding carboxylic acids is 8. The van der Waals surface area contributed by atoms with Crippen LogP contribution in [0.15, 0.2) is 18.2 Å². The molecular weight excluding hydrogens is 857 g/mol. The van der Waals surface area contributed by atoms with Gasteiger partial charge in [-0.05, 0) is 44.2 Å². The van der Waals surface area contributed by atoms with Crippen molar-refractivity contribution in [1.29, 1.82) is 0 Å². The zero-order chi connectivity index (χ0) is 48.6. The molecule has 23 nitrogen and oxygen atoms in total. The summed E-state index contributed by atoms with van der Waals surface area (Å²) in [5.74, 6) is -5.74. The average Bonchev–Trinajstić information content (AvgIpc) is 3.25. The maximum Gasteiger partial charge on any atom is 0.312 e. The van der Waals surface area contributed by atoms with Gasteiger partial charge in [0, 0.05) is 62.1 Å². The van der Waals surface area contributed by atoms with Gasteiger partial charge in [-0.3, -0.25) is 38.4 Å². The number of hydrogen-bond donors (Lipinski definition) is 9. The number of carboxylic acids is 1. The highest BCUT2D eigenvalue weighted by molar-refractivity contribution is 6.01. The third-order valence-corrected chi connectivity index (χ3v) is 9.06. The third kappa shape index (κ3) is 26.6. The molecule has 11 N–H and O–H groups in total. The number of nitrogens with one attached hydrogen (secondary N) is 6. The van der Waals surface area contributed by atoms with E-state index in [-0.39, 0.29) is 95.2 Å². The largest absolute Gasteiger partial charge is 0.481 e. The molecule has 0 aliphatic carbocycles. The Kier molecular flexibility index (Phi) is 29.7. The zero-order valence-electron chi connectivity index (χ0n) is 37.8. The van der Waals surface area contributed by atoms with Crippen molar-refractivity contribution in [1.82, 2.24) is 26.6 Å². The maximum absolute atomic E-state index is 13.8. The lowest BCUT2D eigenvalue weighted by molar-refractivity contribution is -0.144. The molecule has 7 amide bonds. The molecule has 0 aliphatic heterocycles. The van der Waals surface area contributed by atoms with Crippen LogP contribution in [-0.2, 0) is 63.9 Å². The summed E-state index contributed by atoms with van der Waals surface area (Å²) in [7, 11) is 0. The van der Waals surface area contributed by atoms with Gasteiger partial charge in [0.05, 0.1) is 52.9 Å². The highest BCUT2D eigenvalue weighted by atomic mass is 16.6. The van der Waals surface area contributed by atoms with Crippen LogP contribution >= 0.6 is 0 Å². The highest BCUT2D eigenvalue weighted by Crippen LogP contribution is 2.19. The molecule has 1 aromatic rings. The van der Waals surface area contributed by atoms with E-state index in [4.69, 9.17) is 35.2 Å². The van der Waals surface area contributed by atoms with Crippen LogP contribution in [0.4, 0.5) is 10.5 Å². The molecule has 0 heterocycles. The summed E-state index contributed by atoms with van der Waals surface area (Å²) in [6, 6.07) is -0.337. The van der Waals surface area contributed by atoms with Crippen LogP contribution in [0.25, 0.3) is 0 Å². The number of nitrogens with two attached hydrogens (primary N) is 2. The molecule has 0 unspecified atom stereocenters. The van der Waals surface area contributed by atoms with Gasteiger partial charge in [0.15, 0.2) is 0 Å². The number of carboxylic acid groups (broad SMARTS) is 1. The Hall–Kier alpha value is -5.75. The van der Waals surface area contributed by atoms with Crippen molar-refractivity contribution >= 4 is 59.0 Å². The lowest BCUT2D eigenvalue weighted by Gasteiger charge is -2.27. The summed E-state index contributed by atoms with van der Waals surface area (Å²) in [5, 5.41) is 24.8. The molecule has 0 bridgehead atoms. The zero-order valence-corrected chi connectivity index (χ0v) is 37.8. The van der Waals surface area contributed by atoms with Crippen LogP contribution in [0.2, 0.25) is 0 Å². The van der Waals surface area contributed by atoms with Gasteiger partial charge in [-0.2, -0.15) is 0 Å². The number of carbonyl (C=O) groups is 9. The number of primary amides is 1. The predicted molar refractivity (Wildman–Crippen MR) is 234 cm³/mol. The van der Waals surface area contributed by atoms with Gasteiger partial charge in [0.25, 0.3) is 5.91 Å². The molecule has 23 heteroatoms. The van der Waals surface area contributed by atoms with Crippen LogP contribution in [0, 0.1) is 5.92 Å². The molecule has 0 fully saturated rings. The fourth-order valence-corrected chi connectivity index (χ4v) is 5.54. The van der Waals surface area contributed by atoms with Crippen molar-refractivity contribution in [3.63, 3.8) is 0 Å². The second-order valence-corrected chi connectivity index (χ2v) is 14.8. The Morgan fingerprint density at radius 3 is 1.86 bits per heavy atom. The van der Waals surface area contributed by atoms with Crippen LogP contribution < -0.4 is 43.4 Å². The topological polar surface area (TPSA) is 344 Å². The summed E-state index contributed by atoms with van der Waals surface area (Å²) < 4.78 is 26.7. The minimum Gasteiger partial charge on any atom is -0.481 e. The first kappa shape index (κ1) is 57.3. The van der Waals surface area contributed by atoms with E-state index < -0.39 is 78.0 Å². The molecule has 1 aromatic carbocycles. The first-order valence-electron chi connectivity index (χ1n) is 21.5. The second-order valence-electron chi connectivity index (χ2n) is 14.8. The summed E-state index contributed by atoms with van der Waals surface area (Å²) in [5.41, 5.74) is 11.3. The summed E-state index contributed by atoms with van der Waals surface area (Å²) in [4.78, 5) is 112. The monoisotopic (exact) mass is 924 g/mol. The van der Waals surface area contributed by atoms with Gasteiger partial charge in [-0.25, -0.2) is 4.79 Å². The first-order chi connectivity index (χ1) is 31.0. The normalized spacial score (nSPS) is 12.3. The number of benzene rings is 1.